The van der Waals surface area contributed by atoms with Crippen molar-refractivity contribution in [3.8, 4) is 5.75 Å². The number of fused-ring (bicyclic) bond motifs is 1. The van der Waals surface area contributed by atoms with Crippen molar-refractivity contribution in [3.05, 3.63) is 66.4 Å². The molecule has 12 nitrogen and oxygen atoms in total. The molecule has 1 amide bonds. The second-order valence-corrected chi connectivity index (χ2v) is 13.7. The summed E-state index contributed by atoms with van der Waals surface area (Å²) in [6.45, 7) is 3.08. The average Bonchev–Trinajstić information content (AvgIpc) is 3.37. The van der Waals surface area contributed by atoms with Gasteiger partial charge in [-0.3, -0.25) is 9.52 Å². The standard InChI is InChI=1S/C26H32FN5O7S2/c1-17-12-32(18(2)15-33)26(34)21-6-5-7-22(29-40(35,36)20-10-8-19(27)9-11-20)25(21)39-23(17)13-31(4)41(37,38)24-14-30(3)16-28-24/h5-11,14,16-18,23,29,33H,12-13,15H2,1-4H3/t17-,18-,23+/m1/s1. The van der Waals surface area contributed by atoms with Crippen LogP contribution in [0.25, 0.3) is 0 Å². The molecule has 0 saturated carbocycles. The maximum atomic E-state index is 13.6. The molecule has 0 fully saturated rings. The van der Waals surface area contributed by atoms with E-state index >= 15 is 0 Å². The first-order valence-corrected chi connectivity index (χ1v) is 15.6. The van der Waals surface area contributed by atoms with Gasteiger partial charge in [0.25, 0.3) is 26.0 Å². The third kappa shape index (κ3) is 6.37. The van der Waals surface area contributed by atoms with E-state index < -0.39 is 49.8 Å². The predicted octanol–water partition coefficient (Wildman–Crippen LogP) is 1.90. The summed E-state index contributed by atoms with van der Waals surface area (Å²) >= 11 is 0. The van der Waals surface area contributed by atoms with Crippen LogP contribution in [0.5, 0.6) is 5.75 Å². The summed E-state index contributed by atoms with van der Waals surface area (Å²) < 4.78 is 77.4. The molecular weight excluding hydrogens is 577 g/mol. The highest BCUT2D eigenvalue weighted by atomic mass is 32.2. The number of carbonyl (C=O) groups excluding carboxylic acids is 1. The summed E-state index contributed by atoms with van der Waals surface area (Å²) in [7, 11) is -5.21. The number of aryl methyl sites for hydroxylation is 1. The number of aliphatic hydroxyl groups excluding tert-OH is 1. The summed E-state index contributed by atoms with van der Waals surface area (Å²) in [5, 5.41) is 9.71. The lowest BCUT2D eigenvalue weighted by Crippen LogP contribution is -2.50. The highest BCUT2D eigenvalue weighted by Crippen LogP contribution is 2.36. The first kappa shape index (κ1) is 30.4. The zero-order valence-electron chi connectivity index (χ0n) is 22.9. The molecule has 1 aliphatic heterocycles. The number of anilines is 1. The Balaban J connectivity index is 1.76. The van der Waals surface area contributed by atoms with Crippen LogP contribution in [0.2, 0.25) is 0 Å². The van der Waals surface area contributed by atoms with Crippen molar-refractivity contribution in [1.82, 2.24) is 18.8 Å². The molecule has 1 aliphatic rings. The van der Waals surface area contributed by atoms with Gasteiger partial charge in [-0.1, -0.05) is 13.0 Å². The molecule has 0 unspecified atom stereocenters. The zero-order valence-corrected chi connectivity index (χ0v) is 24.6. The summed E-state index contributed by atoms with van der Waals surface area (Å²) in [5.41, 5.74) is -0.0390. The fourth-order valence-corrected chi connectivity index (χ4v) is 6.60. The molecule has 3 aromatic rings. The van der Waals surface area contributed by atoms with Gasteiger partial charge in [0.15, 0.2) is 10.8 Å². The normalized spacial score (nSPS) is 18.8. The number of amides is 1. The lowest BCUT2D eigenvalue weighted by atomic mass is 9.99. The number of carbonyl (C=O) groups is 1. The lowest BCUT2D eigenvalue weighted by molar-refractivity contribution is 0.0389. The number of halogens is 1. The van der Waals surface area contributed by atoms with Crippen LogP contribution in [0.15, 0.2) is 64.9 Å². The molecule has 0 saturated heterocycles. The quantitative estimate of drug-likeness (QED) is 0.373. The monoisotopic (exact) mass is 609 g/mol. The molecule has 0 radical (unpaired) electrons. The van der Waals surface area contributed by atoms with Crippen molar-refractivity contribution in [2.75, 3.05) is 31.5 Å². The van der Waals surface area contributed by atoms with Crippen LogP contribution in [-0.4, -0.2) is 85.5 Å². The topological polar surface area (TPSA) is 151 Å². The van der Waals surface area contributed by atoms with Crippen LogP contribution in [0.3, 0.4) is 0 Å². The minimum atomic E-state index is -4.23. The molecule has 2 aromatic carbocycles. The molecule has 0 aliphatic carbocycles. The minimum absolute atomic E-state index is 0.0248. The SMILES string of the molecule is C[C@@H]1CN([C@H](C)CO)C(=O)c2cccc(NS(=O)(=O)c3ccc(F)cc3)c2O[C@H]1CN(C)S(=O)(=O)c1cn(C)cn1. The fourth-order valence-electron chi connectivity index (χ4n) is 4.39. The van der Waals surface area contributed by atoms with Crippen molar-refractivity contribution in [2.45, 2.75) is 35.9 Å². The van der Waals surface area contributed by atoms with Gasteiger partial charge in [0.1, 0.15) is 11.9 Å². The van der Waals surface area contributed by atoms with Crippen LogP contribution in [0, 0.1) is 11.7 Å². The number of rotatable bonds is 9. The number of nitrogens with one attached hydrogen (secondary N) is 1. The van der Waals surface area contributed by atoms with Crippen molar-refractivity contribution < 1.29 is 35.9 Å². The Morgan fingerprint density at radius 2 is 1.88 bits per heavy atom. The second kappa shape index (κ2) is 11.8. The number of sulfonamides is 2. The number of hydrogen-bond donors (Lipinski definition) is 2. The zero-order chi connectivity index (χ0) is 30.1. The number of aliphatic hydroxyl groups is 1. The maximum Gasteiger partial charge on any atom is 0.262 e. The minimum Gasteiger partial charge on any atom is -0.486 e. The van der Waals surface area contributed by atoms with E-state index in [9.17, 15) is 31.1 Å². The van der Waals surface area contributed by atoms with E-state index in [0.29, 0.717) is 0 Å². The summed E-state index contributed by atoms with van der Waals surface area (Å²) in [4.78, 5) is 18.8. The van der Waals surface area contributed by atoms with Gasteiger partial charge in [-0.15, -0.1) is 0 Å². The first-order valence-electron chi connectivity index (χ1n) is 12.7. The number of likely N-dealkylation sites (N-methyl/N-ethyl adjacent to an activating group) is 1. The number of benzene rings is 2. The van der Waals surface area contributed by atoms with Crippen LogP contribution >= 0.6 is 0 Å². The van der Waals surface area contributed by atoms with Crippen LogP contribution in [0.4, 0.5) is 10.1 Å². The Kier molecular flexibility index (Phi) is 8.73. The molecule has 2 heterocycles. The third-order valence-electron chi connectivity index (χ3n) is 6.85. The molecule has 4 rings (SSSR count). The maximum absolute atomic E-state index is 13.6. The van der Waals surface area contributed by atoms with Gasteiger partial charge in [-0.25, -0.2) is 26.2 Å². The number of aromatic nitrogens is 2. The van der Waals surface area contributed by atoms with Crippen LogP contribution in [-0.2, 0) is 27.1 Å². The van der Waals surface area contributed by atoms with E-state index in [1.165, 1.54) is 47.2 Å². The molecule has 15 heteroatoms. The average molecular weight is 610 g/mol. The van der Waals surface area contributed by atoms with Gasteiger partial charge >= 0.3 is 0 Å². The van der Waals surface area contributed by atoms with Gasteiger partial charge in [0.2, 0.25) is 0 Å². The van der Waals surface area contributed by atoms with Gasteiger partial charge < -0.3 is 19.3 Å². The molecule has 222 valence electrons. The van der Waals surface area contributed by atoms with E-state index in [2.05, 4.69) is 9.71 Å². The van der Waals surface area contributed by atoms with Gasteiger partial charge in [-0.05, 0) is 43.3 Å². The molecule has 3 atom stereocenters. The Labute approximate surface area is 238 Å². The Morgan fingerprint density at radius 3 is 2.49 bits per heavy atom. The summed E-state index contributed by atoms with van der Waals surface area (Å²) in [6, 6.07) is 7.97. The molecule has 2 N–H and O–H groups in total. The predicted molar refractivity (Wildman–Crippen MR) is 148 cm³/mol. The number of ether oxygens (including phenoxy) is 1. The molecule has 1 aromatic heterocycles. The van der Waals surface area contributed by atoms with E-state index in [4.69, 9.17) is 4.74 Å². The van der Waals surface area contributed by atoms with Crippen LogP contribution in [0.1, 0.15) is 24.2 Å². The Hall–Kier alpha value is -3.53. The number of imidazole rings is 1. The van der Waals surface area contributed by atoms with Crippen LogP contribution < -0.4 is 9.46 Å². The number of nitrogens with zero attached hydrogens (tertiary/aromatic N) is 4. The Morgan fingerprint density at radius 1 is 1.20 bits per heavy atom. The first-order chi connectivity index (χ1) is 19.2. The van der Waals surface area contributed by atoms with Crippen molar-refractivity contribution in [2.24, 2.45) is 13.0 Å². The highest BCUT2D eigenvalue weighted by molar-refractivity contribution is 7.92. The smallest absolute Gasteiger partial charge is 0.262 e. The van der Waals surface area contributed by atoms with Crippen molar-refractivity contribution in [1.29, 1.82) is 0 Å². The summed E-state index contributed by atoms with van der Waals surface area (Å²) in [5.74, 6) is -1.66. The lowest BCUT2D eigenvalue weighted by Gasteiger charge is -2.38. The number of para-hydroxylation sites is 1. The largest absolute Gasteiger partial charge is 0.486 e. The highest BCUT2D eigenvalue weighted by Gasteiger charge is 2.37. The van der Waals surface area contributed by atoms with E-state index in [0.717, 1.165) is 28.6 Å². The Bertz CT molecular complexity index is 1630. The molecular formula is C26H32FN5O7S2. The van der Waals surface area contributed by atoms with E-state index in [1.54, 1.807) is 20.9 Å². The molecule has 41 heavy (non-hydrogen) atoms. The van der Waals surface area contributed by atoms with E-state index in [-0.39, 0.29) is 46.6 Å². The molecule has 0 spiro atoms. The summed E-state index contributed by atoms with van der Waals surface area (Å²) in [6.07, 6.45) is 1.88. The number of hydrogen-bond acceptors (Lipinski definition) is 8. The van der Waals surface area contributed by atoms with Crippen molar-refractivity contribution >= 4 is 31.6 Å². The van der Waals surface area contributed by atoms with Crippen molar-refractivity contribution in [3.63, 3.8) is 0 Å². The third-order valence-corrected chi connectivity index (χ3v) is 9.94. The second-order valence-electron chi connectivity index (χ2n) is 10.0. The van der Waals surface area contributed by atoms with Gasteiger partial charge in [0.05, 0.1) is 41.7 Å². The van der Waals surface area contributed by atoms with E-state index in [1.807, 2.05) is 0 Å². The van der Waals surface area contributed by atoms with Gasteiger partial charge in [-0.2, -0.15) is 4.31 Å². The fraction of sp³-hybridized carbons (Fsp3) is 0.385. The molecule has 0 bridgehead atoms. The van der Waals surface area contributed by atoms with Gasteiger partial charge in [0, 0.05) is 32.8 Å².